The second-order valence-electron chi connectivity index (χ2n) is 3.87. The predicted octanol–water partition coefficient (Wildman–Crippen LogP) is 1.79. The number of halogens is 2. The van der Waals surface area contributed by atoms with Crippen LogP contribution in [0.25, 0.3) is 0 Å². The molecule has 1 N–H and O–H groups in total. The summed E-state index contributed by atoms with van der Waals surface area (Å²) in [5, 5.41) is 8.74. The van der Waals surface area contributed by atoms with Crippen LogP contribution in [0.2, 0.25) is 5.02 Å². The van der Waals surface area contributed by atoms with Crippen molar-refractivity contribution in [2.45, 2.75) is 5.75 Å². The van der Waals surface area contributed by atoms with Gasteiger partial charge in [-0.2, -0.15) is 4.31 Å². The molecule has 0 radical (unpaired) electrons. The molecule has 0 saturated carbocycles. The van der Waals surface area contributed by atoms with Gasteiger partial charge in [-0.3, -0.25) is 0 Å². The van der Waals surface area contributed by atoms with Crippen molar-refractivity contribution in [1.82, 2.24) is 4.31 Å². The average Bonchev–Trinajstić information content (AvgIpc) is 2.33. The van der Waals surface area contributed by atoms with E-state index >= 15 is 0 Å². The van der Waals surface area contributed by atoms with E-state index in [4.69, 9.17) is 16.7 Å². The number of rotatable bonds is 7. The highest BCUT2D eigenvalue weighted by Crippen LogP contribution is 2.18. The smallest absolute Gasteiger partial charge is 0.218 e. The van der Waals surface area contributed by atoms with Gasteiger partial charge in [0.05, 0.1) is 17.4 Å². The summed E-state index contributed by atoms with van der Waals surface area (Å²) in [7, 11) is -3.61. The van der Waals surface area contributed by atoms with Crippen LogP contribution >= 0.6 is 11.6 Å². The van der Waals surface area contributed by atoms with Crippen molar-refractivity contribution in [3.63, 3.8) is 0 Å². The number of aliphatic hydroxyl groups is 1. The molecule has 0 fully saturated rings. The lowest BCUT2D eigenvalue weighted by molar-refractivity contribution is 0.260. The van der Waals surface area contributed by atoms with Crippen molar-refractivity contribution in [1.29, 1.82) is 0 Å². The van der Waals surface area contributed by atoms with Crippen molar-refractivity contribution in [3.05, 3.63) is 47.3 Å². The second kappa shape index (κ2) is 7.00. The molecule has 1 rings (SSSR count). The Labute approximate surface area is 117 Å². The fraction of sp³-hybridized carbons (Fsp3) is 0.333. The van der Waals surface area contributed by atoms with Crippen LogP contribution in [0.5, 0.6) is 0 Å². The highest BCUT2D eigenvalue weighted by molar-refractivity contribution is 7.88. The lowest BCUT2D eigenvalue weighted by Gasteiger charge is -2.19. The fourth-order valence-corrected chi connectivity index (χ4v) is 3.21. The molecule has 7 heteroatoms. The molecule has 0 heterocycles. The fourth-order valence-electron chi connectivity index (χ4n) is 1.53. The SMILES string of the molecule is C=CCN(CCO)S(=O)(=O)Cc1ccc(F)c(Cl)c1. The molecule has 1 aromatic carbocycles. The van der Waals surface area contributed by atoms with E-state index in [0.29, 0.717) is 5.56 Å². The van der Waals surface area contributed by atoms with Gasteiger partial charge in [-0.1, -0.05) is 23.7 Å². The summed E-state index contributed by atoms with van der Waals surface area (Å²) in [6.07, 6.45) is 1.44. The third-order valence-corrected chi connectivity index (χ3v) is 4.51. The highest BCUT2D eigenvalue weighted by Gasteiger charge is 2.21. The van der Waals surface area contributed by atoms with Gasteiger partial charge < -0.3 is 5.11 Å². The summed E-state index contributed by atoms with van der Waals surface area (Å²) in [6.45, 7) is 3.29. The summed E-state index contributed by atoms with van der Waals surface area (Å²) < 4.78 is 38.3. The lowest BCUT2D eigenvalue weighted by Crippen LogP contribution is -2.34. The molecule has 1 aromatic rings. The van der Waals surface area contributed by atoms with Crippen molar-refractivity contribution < 1.29 is 17.9 Å². The summed E-state index contributed by atoms with van der Waals surface area (Å²) >= 11 is 5.60. The normalized spacial score (nSPS) is 11.8. The van der Waals surface area contributed by atoms with Gasteiger partial charge in [0, 0.05) is 13.1 Å². The zero-order chi connectivity index (χ0) is 14.5. The van der Waals surface area contributed by atoms with E-state index in [-0.39, 0.29) is 30.5 Å². The molecule has 0 aromatic heterocycles. The van der Waals surface area contributed by atoms with E-state index in [2.05, 4.69) is 6.58 Å². The van der Waals surface area contributed by atoms with Gasteiger partial charge in [-0.05, 0) is 17.7 Å². The molecular weight excluding hydrogens is 293 g/mol. The zero-order valence-corrected chi connectivity index (χ0v) is 11.8. The Morgan fingerprint density at radius 1 is 1.47 bits per heavy atom. The molecule has 0 atom stereocenters. The molecule has 0 aliphatic heterocycles. The number of aliphatic hydroxyl groups excluding tert-OH is 1. The number of benzene rings is 1. The number of sulfonamides is 1. The van der Waals surface area contributed by atoms with Gasteiger partial charge in [-0.15, -0.1) is 6.58 Å². The molecule has 19 heavy (non-hydrogen) atoms. The first-order chi connectivity index (χ1) is 8.90. The van der Waals surface area contributed by atoms with Crippen LogP contribution in [0.3, 0.4) is 0 Å². The largest absolute Gasteiger partial charge is 0.395 e. The Kier molecular flexibility index (Phi) is 5.93. The van der Waals surface area contributed by atoms with E-state index in [0.717, 1.165) is 10.4 Å². The minimum absolute atomic E-state index is 0.0106. The molecule has 0 spiro atoms. The molecule has 0 unspecified atom stereocenters. The van der Waals surface area contributed by atoms with E-state index < -0.39 is 15.8 Å². The third-order valence-electron chi connectivity index (χ3n) is 2.41. The summed E-state index contributed by atoms with van der Waals surface area (Å²) in [4.78, 5) is 0. The first kappa shape index (κ1) is 16.1. The molecule has 106 valence electrons. The van der Waals surface area contributed by atoms with Crippen molar-refractivity contribution in [3.8, 4) is 0 Å². The molecule has 0 amide bonds. The quantitative estimate of drug-likeness (QED) is 0.781. The molecule has 4 nitrogen and oxygen atoms in total. The van der Waals surface area contributed by atoms with Gasteiger partial charge in [0.2, 0.25) is 10.0 Å². The van der Waals surface area contributed by atoms with Crippen LogP contribution in [-0.4, -0.2) is 37.5 Å². The van der Waals surface area contributed by atoms with E-state index in [9.17, 15) is 12.8 Å². The molecule has 0 saturated heterocycles. The lowest BCUT2D eigenvalue weighted by atomic mass is 10.2. The molecule has 0 aliphatic carbocycles. The topological polar surface area (TPSA) is 57.6 Å². The number of nitrogens with zero attached hydrogens (tertiary/aromatic N) is 1. The van der Waals surface area contributed by atoms with Gasteiger partial charge in [-0.25, -0.2) is 12.8 Å². The predicted molar refractivity (Wildman–Crippen MR) is 72.9 cm³/mol. The summed E-state index contributed by atoms with van der Waals surface area (Å²) in [6, 6.07) is 3.76. The Morgan fingerprint density at radius 3 is 2.68 bits per heavy atom. The monoisotopic (exact) mass is 307 g/mol. The zero-order valence-electron chi connectivity index (χ0n) is 10.2. The molecule has 0 bridgehead atoms. The standard InChI is InChI=1S/C12H15ClFNO3S/c1-2-5-15(6-7-16)19(17,18)9-10-3-4-12(14)11(13)8-10/h2-4,8,16H,1,5-7,9H2. The Balaban J connectivity index is 2.93. The average molecular weight is 308 g/mol. The van der Waals surface area contributed by atoms with Gasteiger partial charge in [0.25, 0.3) is 0 Å². The third kappa shape index (κ3) is 4.58. The van der Waals surface area contributed by atoms with Crippen LogP contribution in [0.1, 0.15) is 5.56 Å². The molecular formula is C12H15ClFNO3S. The van der Waals surface area contributed by atoms with Crippen LogP contribution < -0.4 is 0 Å². The van der Waals surface area contributed by atoms with E-state index in [1.54, 1.807) is 0 Å². The van der Waals surface area contributed by atoms with Crippen molar-refractivity contribution in [2.75, 3.05) is 19.7 Å². The van der Waals surface area contributed by atoms with Crippen LogP contribution in [-0.2, 0) is 15.8 Å². The number of hydrogen-bond donors (Lipinski definition) is 1. The summed E-state index contributed by atoms with van der Waals surface area (Å²) in [5.74, 6) is -0.901. The first-order valence-corrected chi connectivity index (χ1v) is 7.53. The van der Waals surface area contributed by atoms with E-state index in [1.807, 2.05) is 0 Å². The maximum absolute atomic E-state index is 13.0. The Morgan fingerprint density at radius 2 is 2.16 bits per heavy atom. The number of hydrogen-bond acceptors (Lipinski definition) is 3. The minimum atomic E-state index is -3.61. The van der Waals surface area contributed by atoms with Gasteiger partial charge >= 0.3 is 0 Å². The van der Waals surface area contributed by atoms with Crippen LogP contribution in [0, 0.1) is 5.82 Å². The maximum atomic E-state index is 13.0. The van der Waals surface area contributed by atoms with E-state index in [1.165, 1.54) is 18.2 Å². The summed E-state index contributed by atoms with van der Waals surface area (Å²) in [5.41, 5.74) is 0.387. The van der Waals surface area contributed by atoms with Crippen LogP contribution in [0.15, 0.2) is 30.9 Å². The first-order valence-electron chi connectivity index (χ1n) is 5.54. The Hall–Kier alpha value is -0.950. The highest BCUT2D eigenvalue weighted by atomic mass is 35.5. The van der Waals surface area contributed by atoms with Gasteiger partial charge in [0.1, 0.15) is 5.82 Å². The van der Waals surface area contributed by atoms with Crippen molar-refractivity contribution in [2.24, 2.45) is 0 Å². The Bertz CT molecular complexity index is 548. The van der Waals surface area contributed by atoms with Crippen molar-refractivity contribution >= 4 is 21.6 Å². The molecule has 0 aliphatic rings. The second-order valence-corrected chi connectivity index (χ2v) is 6.25. The minimum Gasteiger partial charge on any atom is -0.395 e. The van der Waals surface area contributed by atoms with Gasteiger partial charge in [0.15, 0.2) is 0 Å². The maximum Gasteiger partial charge on any atom is 0.218 e. The van der Waals surface area contributed by atoms with Crippen LogP contribution in [0.4, 0.5) is 4.39 Å².